The fourth-order valence-electron chi connectivity index (χ4n) is 2.79. The van der Waals surface area contributed by atoms with Crippen LogP contribution in [0.25, 0.3) is 0 Å². The second-order valence-corrected chi connectivity index (χ2v) is 7.10. The minimum Gasteiger partial charge on any atom is -0.377 e. The summed E-state index contributed by atoms with van der Waals surface area (Å²) < 4.78 is 5.67. The van der Waals surface area contributed by atoms with Gasteiger partial charge in [0, 0.05) is 39.3 Å². The summed E-state index contributed by atoms with van der Waals surface area (Å²) in [5.74, 6) is 0.0919. The van der Waals surface area contributed by atoms with Crippen molar-refractivity contribution in [2.45, 2.75) is 45.8 Å². The molecule has 1 unspecified atom stereocenters. The van der Waals surface area contributed by atoms with Gasteiger partial charge in [0.25, 0.3) is 0 Å². The number of nitrogens with zero attached hydrogens (tertiary/aromatic N) is 2. The predicted octanol–water partition coefficient (Wildman–Crippen LogP) is 0.683. The van der Waals surface area contributed by atoms with E-state index in [1.54, 1.807) is 0 Å². The third kappa shape index (κ3) is 3.93. The average Bonchev–Trinajstić information content (AvgIpc) is 2.90. The molecule has 0 radical (unpaired) electrons. The summed E-state index contributed by atoms with van der Waals surface area (Å²) in [4.78, 5) is 16.7. The molecule has 2 fully saturated rings. The topological polar surface area (TPSA) is 58.8 Å². The van der Waals surface area contributed by atoms with Crippen LogP contribution < -0.4 is 5.73 Å². The highest BCUT2D eigenvalue weighted by molar-refractivity contribution is 5.82. The SMILES string of the molecule is CC(C)(C)[C@H](N)C(=O)N1CCN(CC2CCCO2)CC1. The van der Waals surface area contributed by atoms with Crippen LogP contribution in [0.4, 0.5) is 0 Å². The molecule has 2 N–H and O–H groups in total. The summed E-state index contributed by atoms with van der Waals surface area (Å²) in [5, 5.41) is 0. The first-order chi connectivity index (χ1) is 9.38. The Morgan fingerprint density at radius 3 is 2.45 bits per heavy atom. The van der Waals surface area contributed by atoms with Gasteiger partial charge in [0.2, 0.25) is 5.91 Å². The molecule has 0 aromatic rings. The third-order valence-electron chi connectivity index (χ3n) is 4.37. The lowest BCUT2D eigenvalue weighted by atomic mass is 9.86. The molecule has 0 spiro atoms. The molecule has 1 amide bonds. The van der Waals surface area contributed by atoms with Crippen LogP contribution in [0.3, 0.4) is 0 Å². The molecular formula is C15H29N3O2. The Morgan fingerprint density at radius 1 is 1.30 bits per heavy atom. The zero-order valence-corrected chi connectivity index (χ0v) is 13.1. The molecule has 5 nitrogen and oxygen atoms in total. The van der Waals surface area contributed by atoms with Crippen LogP contribution in [0.2, 0.25) is 0 Å². The highest BCUT2D eigenvalue weighted by atomic mass is 16.5. The van der Waals surface area contributed by atoms with E-state index in [2.05, 4.69) is 4.90 Å². The maximum atomic E-state index is 12.4. The highest BCUT2D eigenvalue weighted by Gasteiger charge is 2.33. The summed E-state index contributed by atoms with van der Waals surface area (Å²) in [6, 6.07) is -0.410. The molecule has 2 saturated heterocycles. The van der Waals surface area contributed by atoms with Gasteiger partial charge in [-0.2, -0.15) is 0 Å². The van der Waals surface area contributed by atoms with E-state index in [9.17, 15) is 4.79 Å². The molecule has 0 aromatic carbocycles. The van der Waals surface area contributed by atoms with Crippen LogP contribution in [0, 0.1) is 5.41 Å². The third-order valence-corrected chi connectivity index (χ3v) is 4.37. The second-order valence-electron chi connectivity index (χ2n) is 7.10. The standard InChI is InChI=1S/C15H29N3O2/c1-15(2,3)13(16)14(19)18-8-6-17(7-9-18)11-12-5-4-10-20-12/h12-13H,4-11,16H2,1-3H3/t12?,13-/m1/s1. The van der Waals surface area contributed by atoms with Crippen LogP contribution in [-0.4, -0.2) is 67.2 Å². The number of carbonyl (C=O) groups excluding carboxylic acids is 1. The molecule has 0 bridgehead atoms. The van der Waals surface area contributed by atoms with Gasteiger partial charge in [0.05, 0.1) is 12.1 Å². The van der Waals surface area contributed by atoms with Gasteiger partial charge in [0.1, 0.15) is 0 Å². The molecule has 2 aliphatic rings. The first-order valence-electron chi connectivity index (χ1n) is 7.76. The van der Waals surface area contributed by atoms with Crippen LogP contribution in [0.5, 0.6) is 0 Å². The van der Waals surface area contributed by atoms with Crippen molar-refractivity contribution in [2.75, 3.05) is 39.3 Å². The Morgan fingerprint density at radius 2 is 1.95 bits per heavy atom. The predicted molar refractivity (Wildman–Crippen MR) is 79.4 cm³/mol. The second kappa shape index (κ2) is 6.41. The monoisotopic (exact) mass is 283 g/mol. The van der Waals surface area contributed by atoms with E-state index in [4.69, 9.17) is 10.5 Å². The Hall–Kier alpha value is -0.650. The van der Waals surface area contributed by atoms with Gasteiger partial charge in [-0.1, -0.05) is 20.8 Å². The van der Waals surface area contributed by atoms with Gasteiger partial charge in [0.15, 0.2) is 0 Å². The van der Waals surface area contributed by atoms with E-state index in [1.807, 2.05) is 25.7 Å². The van der Waals surface area contributed by atoms with E-state index in [-0.39, 0.29) is 11.3 Å². The smallest absolute Gasteiger partial charge is 0.240 e. The molecule has 0 aliphatic carbocycles. The normalized spacial score (nSPS) is 26.8. The van der Waals surface area contributed by atoms with Crippen LogP contribution in [0.15, 0.2) is 0 Å². The number of carbonyl (C=O) groups is 1. The number of hydrogen-bond acceptors (Lipinski definition) is 4. The number of rotatable bonds is 3. The van der Waals surface area contributed by atoms with Gasteiger partial charge >= 0.3 is 0 Å². The van der Waals surface area contributed by atoms with Gasteiger partial charge in [-0.3, -0.25) is 9.69 Å². The summed E-state index contributed by atoms with van der Waals surface area (Å²) in [6.45, 7) is 11.4. The molecule has 2 atom stereocenters. The zero-order chi connectivity index (χ0) is 14.8. The number of piperazine rings is 1. The number of ether oxygens (including phenoxy) is 1. The Labute approximate surface area is 122 Å². The summed E-state index contributed by atoms with van der Waals surface area (Å²) in [7, 11) is 0. The van der Waals surface area contributed by atoms with E-state index in [0.29, 0.717) is 6.10 Å². The van der Waals surface area contributed by atoms with Gasteiger partial charge in [-0.05, 0) is 18.3 Å². The van der Waals surface area contributed by atoms with E-state index >= 15 is 0 Å². The largest absolute Gasteiger partial charge is 0.377 e. The average molecular weight is 283 g/mol. The van der Waals surface area contributed by atoms with Crippen molar-refractivity contribution >= 4 is 5.91 Å². The molecule has 20 heavy (non-hydrogen) atoms. The fraction of sp³-hybridized carbons (Fsp3) is 0.933. The highest BCUT2D eigenvalue weighted by Crippen LogP contribution is 2.20. The summed E-state index contributed by atoms with van der Waals surface area (Å²) >= 11 is 0. The lowest BCUT2D eigenvalue weighted by molar-refractivity contribution is -0.136. The van der Waals surface area contributed by atoms with Crippen molar-refractivity contribution in [1.29, 1.82) is 0 Å². The number of amides is 1. The van der Waals surface area contributed by atoms with Crippen molar-refractivity contribution in [2.24, 2.45) is 11.1 Å². The molecule has 116 valence electrons. The van der Waals surface area contributed by atoms with Crippen molar-refractivity contribution in [3.05, 3.63) is 0 Å². The van der Waals surface area contributed by atoms with Crippen LogP contribution >= 0.6 is 0 Å². The van der Waals surface area contributed by atoms with E-state index in [0.717, 1.165) is 39.3 Å². The molecule has 2 aliphatic heterocycles. The van der Waals surface area contributed by atoms with Crippen molar-refractivity contribution in [3.63, 3.8) is 0 Å². The van der Waals surface area contributed by atoms with Crippen LogP contribution in [-0.2, 0) is 9.53 Å². The Kier molecular flexibility index (Phi) is 5.04. The molecule has 2 rings (SSSR count). The van der Waals surface area contributed by atoms with Crippen LogP contribution in [0.1, 0.15) is 33.6 Å². The van der Waals surface area contributed by atoms with Gasteiger partial charge < -0.3 is 15.4 Å². The number of hydrogen-bond donors (Lipinski definition) is 1. The minimum absolute atomic E-state index is 0.0919. The quantitative estimate of drug-likeness (QED) is 0.827. The van der Waals surface area contributed by atoms with E-state index < -0.39 is 6.04 Å². The maximum Gasteiger partial charge on any atom is 0.240 e. The van der Waals surface area contributed by atoms with Gasteiger partial charge in [-0.25, -0.2) is 0 Å². The van der Waals surface area contributed by atoms with E-state index in [1.165, 1.54) is 12.8 Å². The van der Waals surface area contributed by atoms with Gasteiger partial charge in [-0.15, -0.1) is 0 Å². The fourth-order valence-corrected chi connectivity index (χ4v) is 2.79. The molecular weight excluding hydrogens is 254 g/mol. The van der Waals surface area contributed by atoms with Crippen molar-refractivity contribution in [3.8, 4) is 0 Å². The lowest BCUT2D eigenvalue weighted by Crippen LogP contribution is -2.56. The van der Waals surface area contributed by atoms with Crippen molar-refractivity contribution in [1.82, 2.24) is 9.80 Å². The summed E-state index contributed by atoms with van der Waals surface area (Å²) in [6.07, 6.45) is 2.76. The maximum absolute atomic E-state index is 12.4. The molecule has 0 aromatic heterocycles. The Bertz CT molecular complexity index is 327. The molecule has 5 heteroatoms. The molecule has 2 heterocycles. The Balaban J connectivity index is 1.77. The first kappa shape index (κ1) is 15.7. The molecule has 0 saturated carbocycles. The first-order valence-corrected chi connectivity index (χ1v) is 7.76. The number of nitrogens with two attached hydrogens (primary N) is 1. The zero-order valence-electron chi connectivity index (χ0n) is 13.1. The summed E-state index contributed by atoms with van der Waals surface area (Å²) in [5.41, 5.74) is 5.89. The lowest BCUT2D eigenvalue weighted by Gasteiger charge is -2.38. The van der Waals surface area contributed by atoms with Crippen molar-refractivity contribution < 1.29 is 9.53 Å². The minimum atomic E-state index is -0.410.